The number of benzene rings is 3. The first-order valence-corrected chi connectivity index (χ1v) is 13.5. The Morgan fingerprint density at radius 2 is 1.68 bits per heavy atom. The van der Waals surface area contributed by atoms with Gasteiger partial charge in [0.05, 0.1) is 38.3 Å². The molecule has 0 fully saturated rings. The average Bonchev–Trinajstić information content (AvgIpc) is 3.46. The second-order valence-corrected chi connectivity index (χ2v) is 10.6. The van der Waals surface area contributed by atoms with Crippen molar-refractivity contribution in [3.05, 3.63) is 76.8 Å². The molecule has 0 aliphatic rings. The fourth-order valence-corrected chi connectivity index (χ4v) is 5.82. The van der Waals surface area contributed by atoms with Crippen molar-refractivity contribution in [2.24, 2.45) is 0 Å². The number of sulfonamides is 1. The van der Waals surface area contributed by atoms with Crippen molar-refractivity contribution >= 4 is 26.5 Å². The zero-order chi connectivity index (χ0) is 27.3. The third kappa shape index (κ3) is 5.49. The van der Waals surface area contributed by atoms with Crippen LogP contribution in [0.1, 0.15) is 16.7 Å². The Balaban J connectivity index is 1.73. The van der Waals surface area contributed by atoms with Crippen LogP contribution in [0.15, 0.2) is 65.0 Å². The van der Waals surface area contributed by atoms with E-state index in [4.69, 9.17) is 18.9 Å². The Kier molecular flexibility index (Phi) is 7.99. The summed E-state index contributed by atoms with van der Waals surface area (Å²) in [4.78, 5) is -0.111. The van der Waals surface area contributed by atoms with Gasteiger partial charge in [0.1, 0.15) is 28.8 Å². The zero-order valence-corrected chi connectivity index (χ0v) is 22.7. The van der Waals surface area contributed by atoms with Crippen molar-refractivity contribution in [2.45, 2.75) is 18.4 Å². The van der Waals surface area contributed by atoms with Gasteiger partial charge in [-0.25, -0.2) is 12.7 Å². The molecule has 0 atom stereocenters. The third-order valence-corrected chi connectivity index (χ3v) is 8.13. The summed E-state index contributed by atoms with van der Waals surface area (Å²) in [5.74, 6) is 2.08. The molecule has 38 heavy (non-hydrogen) atoms. The molecule has 10 nitrogen and oxygen atoms in total. The van der Waals surface area contributed by atoms with Crippen molar-refractivity contribution in [1.29, 1.82) is 5.26 Å². The molecule has 0 aliphatic heterocycles. The number of ether oxygens (including phenoxy) is 4. The highest BCUT2D eigenvalue weighted by Crippen LogP contribution is 2.36. The summed E-state index contributed by atoms with van der Waals surface area (Å²) in [5, 5.41) is 17.8. The zero-order valence-electron chi connectivity index (χ0n) is 21.0. The highest BCUT2D eigenvalue weighted by molar-refractivity contribution is 7.93. The van der Waals surface area contributed by atoms with Gasteiger partial charge in [0.2, 0.25) is 5.13 Å². The molecule has 0 spiro atoms. The number of aryl methyl sites for hydroxylation is 1. The van der Waals surface area contributed by atoms with E-state index in [2.05, 4.69) is 10.2 Å². The molecule has 4 aromatic rings. The summed E-state index contributed by atoms with van der Waals surface area (Å²) in [5.41, 5.74) is 2.99. The van der Waals surface area contributed by atoms with Crippen LogP contribution in [-0.2, 0) is 16.6 Å². The highest BCUT2D eigenvalue weighted by Gasteiger charge is 2.29. The molecule has 4 rings (SSSR count). The predicted molar refractivity (Wildman–Crippen MR) is 142 cm³/mol. The lowest BCUT2D eigenvalue weighted by molar-refractivity contribution is 0.378. The van der Waals surface area contributed by atoms with Crippen LogP contribution in [0.4, 0.5) is 5.13 Å². The number of hydrogen-bond acceptors (Lipinski definition) is 10. The first-order chi connectivity index (χ1) is 18.3. The highest BCUT2D eigenvalue weighted by atomic mass is 32.2. The standard InChI is InChI=1S/C26H24N4O6S2/c1-17-5-9-23(34-3)25(11-17)36-22-10-8-21(12-19(22)14-27)38(31,32)30(26-29-28-16-37-26)15-18-6-7-20(33-2)13-24(18)35-4/h5-13,16H,15H2,1-4H3. The number of nitrogens with zero attached hydrogens (tertiary/aromatic N) is 4. The van der Waals surface area contributed by atoms with Crippen molar-refractivity contribution < 1.29 is 27.4 Å². The van der Waals surface area contributed by atoms with E-state index in [-0.39, 0.29) is 27.9 Å². The van der Waals surface area contributed by atoms with Crippen molar-refractivity contribution in [3.63, 3.8) is 0 Å². The Morgan fingerprint density at radius 3 is 2.34 bits per heavy atom. The summed E-state index contributed by atoms with van der Waals surface area (Å²) in [6.45, 7) is 1.80. The Morgan fingerprint density at radius 1 is 0.921 bits per heavy atom. The molecular formula is C26H24N4O6S2. The Hall–Kier alpha value is -4.34. The van der Waals surface area contributed by atoms with Gasteiger partial charge >= 0.3 is 0 Å². The second kappa shape index (κ2) is 11.4. The van der Waals surface area contributed by atoms with Gasteiger partial charge in [-0.2, -0.15) is 5.26 Å². The monoisotopic (exact) mass is 552 g/mol. The summed E-state index contributed by atoms with van der Waals surface area (Å²) in [6, 6.07) is 16.6. The minimum atomic E-state index is -4.18. The molecule has 0 aliphatic carbocycles. The Labute approximate surface area is 224 Å². The minimum absolute atomic E-state index is 0.0360. The van der Waals surface area contributed by atoms with Crippen LogP contribution in [0, 0.1) is 18.3 Å². The maximum atomic E-state index is 13.9. The first kappa shape index (κ1) is 26.7. The van der Waals surface area contributed by atoms with E-state index in [9.17, 15) is 13.7 Å². The molecule has 196 valence electrons. The van der Waals surface area contributed by atoms with E-state index >= 15 is 0 Å². The van der Waals surface area contributed by atoms with E-state index < -0.39 is 10.0 Å². The first-order valence-electron chi connectivity index (χ1n) is 11.2. The van der Waals surface area contributed by atoms with Gasteiger partial charge in [-0.1, -0.05) is 17.4 Å². The van der Waals surface area contributed by atoms with E-state index in [0.29, 0.717) is 28.6 Å². The number of methoxy groups -OCH3 is 3. The van der Waals surface area contributed by atoms with Gasteiger partial charge in [-0.3, -0.25) is 0 Å². The molecule has 1 heterocycles. The fourth-order valence-electron chi connectivity index (χ4n) is 3.62. The van der Waals surface area contributed by atoms with Crippen LogP contribution in [-0.4, -0.2) is 39.9 Å². The SMILES string of the molecule is COc1ccc(CN(c2nncs2)S(=O)(=O)c2ccc(Oc3cc(C)ccc3OC)c(C#N)c2)c(OC)c1. The molecule has 0 bridgehead atoms. The molecule has 0 saturated heterocycles. The molecule has 12 heteroatoms. The summed E-state index contributed by atoms with van der Waals surface area (Å²) in [6.07, 6.45) is 0. The largest absolute Gasteiger partial charge is 0.497 e. The molecule has 0 unspecified atom stereocenters. The van der Waals surface area contributed by atoms with Gasteiger partial charge in [-0.15, -0.1) is 10.2 Å². The number of hydrogen-bond donors (Lipinski definition) is 0. The predicted octanol–water partition coefficient (Wildman–Crippen LogP) is 4.93. The second-order valence-electron chi connectivity index (χ2n) is 7.94. The number of nitriles is 1. The minimum Gasteiger partial charge on any atom is -0.497 e. The number of rotatable bonds is 10. The molecular weight excluding hydrogens is 528 g/mol. The smallest absolute Gasteiger partial charge is 0.266 e. The molecule has 3 aromatic carbocycles. The van der Waals surface area contributed by atoms with Crippen LogP contribution in [0.3, 0.4) is 0 Å². The van der Waals surface area contributed by atoms with Crippen molar-refractivity contribution in [2.75, 3.05) is 25.6 Å². The molecule has 0 N–H and O–H groups in total. The lowest BCUT2D eigenvalue weighted by atomic mass is 10.2. The van der Waals surface area contributed by atoms with Gasteiger partial charge in [0.15, 0.2) is 11.5 Å². The molecule has 0 radical (unpaired) electrons. The quantitative estimate of drug-likeness (QED) is 0.269. The average molecular weight is 553 g/mol. The topological polar surface area (TPSA) is 124 Å². The Bertz CT molecular complexity index is 1580. The van der Waals surface area contributed by atoms with Crippen LogP contribution >= 0.6 is 11.3 Å². The lowest BCUT2D eigenvalue weighted by Crippen LogP contribution is -2.30. The maximum absolute atomic E-state index is 13.9. The number of anilines is 1. The van der Waals surface area contributed by atoms with Gasteiger partial charge in [0, 0.05) is 11.6 Å². The molecule has 1 aromatic heterocycles. The van der Waals surface area contributed by atoms with Gasteiger partial charge in [0.25, 0.3) is 10.0 Å². The normalized spacial score (nSPS) is 10.9. The van der Waals surface area contributed by atoms with Crippen LogP contribution in [0.2, 0.25) is 0 Å². The number of aromatic nitrogens is 2. The molecule has 0 saturated carbocycles. The fraction of sp³-hybridized carbons (Fsp3) is 0.192. The van der Waals surface area contributed by atoms with Crippen molar-refractivity contribution in [3.8, 4) is 34.8 Å². The van der Waals surface area contributed by atoms with Crippen molar-refractivity contribution in [1.82, 2.24) is 10.2 Å². The summed E-state index contributed by atoms with van der Waals surface area (Å²) >= 11 is 1.07. The van der Waals surface area contributed by atoms with E-state index in [1.807, 2.05) is 19.1 Å². The molecule has 0 amide bonds. The maximum Gasteiger partial charge on any atom is 0.266 e. The van der Waals surface area contributed by atoms with Gasteiger partial charge < -0.3 is 18.9 Å². The van der Waals surface area contributed by atoms with Crippen LogP contribution in [0.25, 0.3) is 0 Å². The van der Waals surface area contributed by atoms with Crippen LogP contribution in [0.5, 0.6) is 28.7 Å². The third-order valence-electron chi connectivity index (χ3n) is 5.57. The lowest BCUT2D eigenvalue weighted by Gasteiger charge is -2.23. The summed E-state index contributed by atoms with van der Waals surface area (Å²) in [7, 11) is 0.349. The van der Waals surface area contributed by atoms with Gasteiger partial charge in [-0.05, 0) is 55.0 Å². The van der Waals surface area contributed by atoms with E-state index in [1.165, 1.54) is 45.0 Å². The van der Waals surface area contributed by atoms with Crippen LogP contribution < -0.4 is 23.3 Å². The summed E-state index contributed by atoms with van der Waals surface area (Å²) < 4.78 is 50.9. The van der Waals surface area contributed by atoms with E-state index in [1.54, 1.807) is 30.3 Å². The van der Waals surface area contributed by atoms with E-state index in [0.717, 1.165) is 21.2 Å².